The van der Waals surface area contributed by atoms with E-state index in [1.165, 1.54) is 36.4 Å². The summed E-state index contributed by atoms with van der Waals surface area (Å²) in [5.74, 6) is -0.660. The Labute approximate surface area is 187 Å². The third-order valence-electron chi connectivity index (χ3n) is 4.38. The van der Waals surface area contributed by atoms with Crippen molar-refractivity contribution in [3.63, 3.8) is 0 Å². The minimum absolute atomic E-state index is 0.0232. The number of nitrogens with one attached hydrogen (secondary N) is 2. The number of hydrogen-bond donors (Lipinski definition) is 2. The zero-order valence-electron chi connectivity index (χ0n) is 16.7. The Balaban J connectivity index is 1.60. The van der Waals surface area contributed by atoms with Crippen molar-refractivity contribution < 1.29 is 27.5 Å². The summed E-state index contributed by atoms with van der Waals surface area (Å²) in [6.07, 6.45) is -5.36. The Morgan fingerprint density at radius 3 is 2.28 bits per heavy atom. The third-order valence-corrected chi connectivity index (χ3v) is 4.71. The maximum absolute atomic E-state index is 12.8. The molecule has 2 amide bonds. The minimum atomic E-state index is -4.51. The van der Waals surface area contributed by atoms with Crippen LogP contribution in [0.1, 0.15) is 22.8 Å². The predicted octanol–water partition coefficient (Wildman–Crippen LogP) is 6.02. The minimum Gasteiger partial charge on any atom is -0.481 e. The van der Waals surface area contributed by atoms with Crippen molar-refractivity contribution in [3.8, 4) is 5.75 Å². The summed E-state index contributed by atoms with van der Waals surface area (Å²) < 4.78 is 44.0. The molecule has 0 saturated carbocycles. The van der Waals surface area contributed by atoms with Gasteiger partial charge in [-0.15, -0.1) is 0 Å². The molecule has 0 saturated heterocycles. The maximum atomic E-state index is 12.8. The molecule has 3 rings (SSSR count). The van der Waals surface area contributed by atoms with E-state index in [4.69, 9.17) is 16.3 Å². The first-order valence-corrected chi connectivity index (χ1v) is 9.82. The number of ether oxygens (including phenoxy) is 1. The van der Waals surface area contributed by atoms with E-state index in [0.717, 1.165) is 12.1 Å². The number of rotatable bonds is 6. The molecular formula is C23H18ClF3N2O3. The van der Waals surface area contributed by atoms with Crippen molar-refractivity contribution in [2.75, 3.05) is 10.6 Å². The molecule has 0 spiro atoms. The third kappa shape index (κ3) is 6.01. The molecule has 1 unspecified atom stereocenters. The molecule has 0 aliphatic heterocycles. The monoisotopic (exact) mass is 462 g/mol. The van der Waals surface area contributed by atoms with Gasteiger partial charge < -0.3 is 15.4 Å². The molecule has 0 heterocycles. The van der Waals surface area contributed by atoms with Crippen LogP contribution in [-0.4, -0.2) is 17.9 Å². The van der Waals surface area contributed by atoms with Crippen LogP contribution in [0, 0.1) is 0 Å². The van der Waals surface area contributed by atoms with Crippen LogP contribution in [0.25, 0.3) is 0 Å². The molecule has 0 aliphatic carbocycles. The van der Waals surface area contributed by atoms with Crippen molar-refractivity contribution in [1.29, 1.82) is 0 Å². The van der Waals surface area contributed by atoms with Crippen LogP contribution in [0.2, 0.25) is 5.02 Å². The van der Waals surface area contributed by atoms with Crippen molar-refractivity contribution >= 4 is 34.8 Å². The van der Waals surface area contributed by atoms with Gasteiger partial charge in [0.2, 0.25) is 0 Å². The predicted molar refractivity (Wildman–Crippen MR) is 116 cm³/mol. The lowest BCUT2D eigenvalue weighted by molar-refractivity contribution is -0.137. The summed E-state index contributed by atoms with van der Waals surface area (Å²) in [6, 6.07) is 17.0. The molecule has 1 atom stereocenters. The lowest BCUT2D eigenvalue weighted by Crippen LogP contribution is -2.30. The van der Waals surface area contributed by atoms with Gasteiger partial charge in [-0.3, -0.25) is 9.59 Å². The van der Waals surface area contributed by atoms with Crippen LogP contribution in [0.4, 0.5) is 24.5 Å². The van der Waals surface area contributed by atoms with Crippen LogP contribution in [0.15, 0.2) is 72.8 Å². The molecule has 0 radical (unpaired) electrons. The van der Waals surface area contributed by atoms with Gasteiger partial charge in [-0.05, 0) is 61.5 Å². The highest BCUT2D eigenvalue weighted by atomic mass is 35.5. The zero-order chi connectivity index (χ0) is 23.3. The summed E-state index contributed by atoms with van der Waals surface area (Å²) in [4.78, 5) is 24.6. The van der Waals surface area contributed by atoms with Gasteiger partial charge in [-0.25, -0.2) is 0 Å². The number of carbonyl (C=O) groups is 2. The first kappa shape index (κ1) is 23.1. The Kier molecular flexibility index (Phi) is 7.05. The number of amides is 2. The largest absolute Gasteiger partial charge is 0.481 e. The van der Waals surface area contributed by atoms with Crippen LogP contribution < -0.4 is 15.4 Å². The second-order valence-electron chi connectivity index (χ2n) is 6.79. The van der Waals surface area contributed by atoms with Gasteiger partial charge in [-0.2, -0.15) is 13.2 Å². The number of halogens is 4. The molecule has 5 nitrogen and oxygen atoms in total. The van der Waals surface area contributed by atoms with E-state index in [9.17, 15) is 22.8 Å². The van der Waals surface area contributed by atoms with E-state index < -0.39 is 29.7 Å². The highest BCUT2D eigenvalue weighted by Crippen LogP contribution is 2.30. The topological polar surface area (TPSA) is 67.4 Å². The lowest BCUT2D eigenvalue weighted by Gasteiger charge is -2.15. The first-order valence-electron chi connectivity index (χ1n) is 9.44. The molecule has 9 heteroatoms. The fourth-order valence-corrected chi connectivity index (χ4v) is 2.90. The molecule has 166 valence electrons. The second kappa shape index (κ2) is 9.74. The Morgan fingerprint density at radius 1 is 0.938 bits per heavy atom. The summed E-state index contributed by atoms with van der Waals surface area (Å²) in [5.41, 5.74) is -0.169. The highest BCUT2D eigenvalue weighted by Gasteiger charge is 2.30. The molecule has 0 aromatic heterocycles. The Hall–Kier alpha value is -3.52. The number of carbonyl (C=O) groups excluding carboxylic acids is 2. The van der Waals surface area contributed by atoms with Crippen molar-refractivity contribution in [1.82, 2.24) is 0 Å². The van der Waals surface area contributed by atoms with Gasteiger partial charge in [0.25, 0.3) is 11.8 Å². The van der Waals surface area contributed by atoms with E-state index in [0.29, 0.717) is 16.5 Å². The second-order valence-corrected chi connectivity index (χ2v) is 7.19. The molecule has 0 fully saturated rings. The van der Waals surface area contributed by atoms with Gasteiger partial charge in [-0.1, -0.05) is 29.8 Å². The molecule has 3 aromatic rings. The van der Waals surface area contributed by atoms with E-state index in [-0.39, 0.29) is 11.3 Å². The number of para-hydroxylation sites is 1. The van der Waals surface area contributed by atoms with E-state index in [1.54, 1.807) is 31.2 Å². The SMILES string of the molecule is CC(Oc1ccc(C(=O)Nc2cccc(C(F)(F)F)c2)cc1)C(=O)Nc1ccccc1Cl. The average Bonchev–Trinajstić information content (AvgIpc) is 2.75. The molecular weight excluding hydrogens is 445 g/mol. The van der Waals surface area contributed by atoms with Gasteiger partial charge in [0, 0.05) is 11.3 Å². The van der Waals surface area contributed by atoms with Crippen molar-refractivity contribution in [2.24, 2.45) is 0 Å². The summed E-state index contributed by atoms with van der Waals surface area (Å²) in [5, 5.41) is 5.48. The van der Waals surface area contributed by atoms with Crippen molar-refractivity contribution in [2.45, 2.75) is 19.2 Å². The summed E-state index contributed by atoms with van der Waals surface area (Å²) in [6.45, 7) is 1.56. The average molecular weight is 463 g/mol. The smallest absolute Gasteiger partial charge is 0.416 e. The van der Waals surface area contributed by atoms with E-state index >= 15 is 0 Å². The lowest BCUT2D eigenvalue weighted by atomic mass is 10.1. The number of alkyl halides is 3. The molecule has 3 aromatic carbocycles. The Bertz CT molecular complexity index is 1120. The fourth-order valence-electron chi connectivity index (χ4n) is 2.72. The number of benzene rings is 3. The van der Waals surface area contributed by atoms with Gasteiger partial charge in [0.15, 0.2) is 6.10 Å². The van der Waals surface area contributed by atoms with Gasteiger partial charge in [0.05, 0.1) is 16.3 Å². The fraction of sp³-hybridized carbons (Fsp3) is 0.130. The number of hydrogen-bond acceptors (Lipinski definition) is 3. The van der Waals surface area contributed by atoms with E-state index in [1.807, 2.05) is 0 Å². The van der Waals surface area contributed by atoms with Crippen LogP contribution in [-0.2, 0) is 11.0 Å². The molecule has 2 N–H and O–H groups in total. The van der Waals surface area contributed by atoms with Crippen LogP contribution in [0.5, 0.6) is 5.75 Å². The normalized spacial score (nSPS) is 12.0. The van der Waals surface area contributed by atoms with E-state index in [2.05, 4.69) is 10.6 Å². The number of anilines is 2. The van der Waals surface area contributed by atoms with Crippen LogP contribution >= 0.6 is 11.6 Å². The highest BCUT2D eigenvalue weighted by molar-refractivity contribution is 6.33. The standard InChI is InChI=1S/C23H18ClF3N2O3/c1-14(21(30)29-20-8-3-2-7-19(20)24)32-18-11-9-15(10-12-18)22(31)28-17-6-4-5-16(13-17)23(25,26)27/h2-14H,1H3,(H,28,31)(H,29,30). The molecule has 0 aliphatic rings. The van der Waals surface area contributed by atoms with Gasteiger partial charge >= 0.3 is 6.18 Å². The molecule has 32 heavy (non-hydrogen) atoms. The van der Waals surface area contributed by atoms with Crippen molar-refractivity contribution in [3.05, 3.63) is 88.9 Å². The first-order chi connectivity index (χ1) is 15.1. The molecule has 0 bridgehead atoms. The Morgan fingerprint density at radius 2 is 1.62 bits per heavy atom. The maximum Gasteiger partial charge on any atom is 0.416 e. The zero-order valence-corrected chi connectivity index (χ0v) is 17.5. The summed E-state index contributed by atoms with van der Waals surface area (Å²) in [7, 11) is 0. The van der Waals surface area contributed by atoms with Gasteiger partial charge in [0.1, 0.15) is 5.75 Å². The quantitative estimate of drug-likeness (QED) is 0.471. The summed E-state index contributed by atoms with van der Waals surface area (Å²) >= 11 is 6.02. The van der Waals surface area contributed by atoms with Crippen LogP contribution in [0.3, 0.4) is 0 Å².